The lowest BCUT2D eigenvalue weighted by Crippen LogP contribution is -2.02. The molecule has 294 valence electrons. The standard InChI is InChI=1S/C57H36N6/c1-4-15-37(16-5-1)48-36-55(60-57(59-48)38-17-6-2-7-18-38)63-50-24-13-10-21-43(50)45-29-26-40(34-54(45)63)39-27-30-51-46(33-39)44-22-11-12-23-49(44)62(51)42-28-31-52-47(35-42)56-53(25-14-32-58-56)61(52)41-19-8-3-9-20-41/h1-36H. The molecule has 0 N–H and O–H groups in total. The van der Waals surface area contributed by atoms with Gasteiger partial charge in [0.05, 0.1) is 44.3 Å². The summed E-state index contributed by atoms with van der Waals surface area (Å²) in [5.41, 5.74) is 15.1. The van der Waals surface area contributed by atoms with Crippen molar-refractivity contribution in [2.75, 3.05) is 0 Å². The Morgan fingerprint density at radius 1 is 0.302 bits per heavy atom. The van der Waals surface area contributed by atoms with Gasteiger partial charge in [0.25, 0.3) is 0 Å². The SMILES string of the molecule is c1ccc(-c2cc(-n3c4ccccc4c4ccc(-c5ccc6c(c5)c5ccccc5n6-c5ccc6c(c5)c5ncccc5n6-c5ccccc5)cc43)nc(-c3ccccc3)n2)cc1. The molecule has 0 unspecified atom stereocenters. The summed E-state index contributed by atoms with van der Waals surface area (Å²) in [6, 6.07) is 75.3. The summed E-state index contributed by atoms with van der Waals surface area (Å²) in [5.74, 6) is 1.51. The van der Waals surface area contributed by atoms with Gasteiger partial charge in [-0.15, -0.1) is 0 Å². The molecule has 0 bridgehead atoms. The molecule has 13 rings (SSSR count). The van der Waals surface area contributed by atoms with Gasteiger partial charge in [0.1, 0.15) is 5.82 Å². The maximum absolute atomic E-state index is 5.28. The molecule has 0 saturated heterocycles. The van der Waals surface area contributed by atoms with Gasteiger partial charge in [-0.3, -0.25) is 9.55 Å². The zero-order valence-corrected chi connectivity index (χ0v) is 34.0. The van der Waals surface area contributed by atoms with E-state index in [4.69, 9.17) is 15.0 Å². The van der Waals surface area contributed by atoms with Gasteiger partial charge in [-0.05, 0) is 83.9 Å². The molecule has 0 radical (unpaired) electrons. The van der Waals surface area contributed by atoms with Crippen molar-refractivity contribution in [3.8, 4) is 51.0 Å². The normalized spacial score (nSPS) is 11.8. The fourth-order valence-corrected chi connectivity index (χ4v) is 9.67. The number of hydrogen-bond donors (Lipinski definition) is 0. The number of pyridine rings is 1. The first-order valence-corrected chi connectivity index (χ1v) is 21.3. The molecule has 8 aromatic carbocycles. The van der Waals surface area contributed by atoms with Crippen molar-refractivity contribution in [2.45, 2.75) is 0 Å². The van der Waals surface area contributed by atoms with Gasteiger partial charge < -0.3 is 9.13 Å². The molecule has 5 aromatic heterocycles. The number of fused-ring (bicyclic) bond motifs is 9. The molecule has 0 aliphatic carbocycles. The first-order chi connectivity index (χ1) is 31.2. The summed E-state index contributed by atoms with van der Waals surface area (Å²) < 4.78 is 7.01. The van der Waals surface area contributed by atoms with Crippen LogP contribution in [0.4, 0.5) is 0 Å². The Morgan fingerprint density at radius 3 is 1.67 bits per heavy atom. The number of aromatic nitrogens is 6. The van der Waals surface area contributed by atoms with E-state index in [1.165, 1.54) is 21.5 Å². The second kappa shape index (κ2) is 14.0. The Bertz CT molecular complexity index is 3840. The van der Waals surface area contributed by atoms with Crippen LogP contribution in [0, 0.1) is 0 Å². The van der Waals surface area contributed by atoms with Crippen LogP contribution in [0.5, 0.6) is 0 Å². The maximum Gasteiger partial charge on any atom is 0.162 e. The number of benzene rings is 8. The van der Waals surface area contributed by atoms with Crippen LogP contribution in [0.2, 0.25) is 0 Å². The summed E-state index contributed by atoms with van der Waals surface area (Å²) in [6.07, 6.45) is 1.89. The Hall–Kier alpha value is -8.61. The maximum atomic E-state index is 5.28. The minimum Gasteiger partial charge on any atom is -0.309 e. The largest absolute Gasteiger partial charge is 0.309 e. The summed E-state index contributed by atoms with van der Waals surface area (Å²) >= 11 is 0. The Kier molecular flexibility index (Phi) is 7.80. The van der Waals surface area contributed by atoms with Crippen molar-refractivity contribution < 1.29 is 0 Å². The van der Waals surface area contributed by atoms with E-state index in [0.29, 0.717) is 5.82 Å². The van der Waals surface area contributed by atoms with Gasteiger partial charge in [-0.25, -0.2) is 9.97 Å². The van der Waals surface area contributed by atoms with Crippen LogP contribution in [0.3, 0.4) is 0 Å². The zero-order chi connectivity index (χ0) is 41.4. The highest BCUT2D eigenvalue weighted by Gasteiger charge is 2.20. The lowest BCUT2D eigenvalue weighted by atomic mass is 10.0. The van der Waals surface area contributed by atoms with Crippen molar-refractivity contribution in [3.63, 3.8) is 0 Å². The van der Waals surface area contributed by atoms with E-state index in [9.17, 15) is 0 Å². The second-order valence-corrected chi connectivity index (χ2v) is 16.1. The predicted octanol–water partition coefficient (Wildman–Crippen LogP) is 14.2. The average molecular weight is 805 g/mol. The fourth-order valence-electron chi connectivity index (χ4n) is 9.67. The summed E-state index contributed by atoms with van der Waals surface area (Å²) in [4.78, 5) is 15.3. The minimum atomic E-state index is 0.688. The quantitative estimate of drug-likeness (QED) is 0.168. The first-order valence-electron chi connectivity index (χ1n) is 21.3. The monoisotopic (exact) mass is 804 g/mol. The molecule has 0 aliphatic rings. The van der Waals surface area contributed by atoms with E-state index < -0.39 is 0 Å². The van der Waals surface area contributed by atoms with Crippen LogP contribution in [-0.4, -0.2) is 28.7 Å². The van der Waals surface area contributed by atoms with Crippen molar-refractivity contribution in [3.05, 3.63) is 219 Å². The highest BCUT2D eigenvalue weighted by atomic mass is 15.1. The van der Waals surface area contributed by atoms with E-state index in [0.717, 1.165) is 89.1 Å². The molecule has 5 heterocycles. The highest BCUT2D eigenvalue weighted by Crippen LogP contribution is 2.40. The minimum absolute atomic E-state index is 0.688. The molecule has 6 heteroatoms. The predicted molar refractivity (Wildman–Crippen MR) is 259 cm³/mol. The van der Waals surface area contributed by atoms with Crippen molar-refractivity contribution >= 4 is 65.5 Å². The molecule has 6 nitrogen and oxygen atoms in total. The molecule has 63 heavy (non-hydrogen) atoms. The first kappa shape index (κ1) is 35.2. The van der Waals surface area contributed by atoms with Gasteiger partial charge in [0.2, 0.25) is 0 Å². The zero-order valence-electron chi connectivity index (χ0n) is 34.0. The van der Waals surface area contributed by atoms with E-state index in [-0.39, 0.29) is 0 Å². The van der Waals surface area contributed by atoms with Crippen molar-refractivity contribution in [1.82, 2.24) is 28.7 Å². The molecule has 0 atom stereocenters. The molecular weight excluding hydrogens is 769 g/mol. The Morgan fingerprint density at radius 2 is 0.873 bits per heavy atom. The third-order valence-corrected chi connectivity index (χ3v) is 12.5. The Labute approximate surface area is 362 Å². The number of para-hydroxylation sites is 3. The van der Waals surface area contributed by atoms with Crippen LogP contribution in [-0.2, 0) is 0 Å². The van der Waals surface area contributed by atoms with Crippen molar-refractivity contribution in [2.24, 2.45) is 0 Å². The lowest BCUT2D eigenvalue weighted by Gasteiger charge is -2.13. The number of rotatable bonds is 6. The molecule has 0 amide bonds. The number of hydrogen-bond acceptors (Lipinski definition) is 3. The van der Waals surface area contributed by atoms with E-state index >= 15 is 0 Å². The topological polar surface area (TPSA) is 53.5 Å². The van der Waals surface area contributed by atoms with Gasteiger partial charge in [-0.1, -0.05) is 133 Å². The van der Waals surface area contributed by atoms with Crippen LogP contribution < -0.4 is 0 Å². The van der Waals surface area contributed by atoms with Crippen LogP contribution in [0.1, 0.15) is 0 Å². The summed E-state index contributed by atoms with van der Waals surface area (Å²) in [7, 11) is 0. The fraction of sp³-hybridized carbons (Fsp3) is 0. The smallest absolute Gasteiger partial charge is 0.162 e. The van der Waals surface area contributed by atoms with E-state index in [1.54, 1.807) is 0 Å². The van der Waals surface area contributed by atoms with Crippen LogP contribution >= 0.6 is 0 Å². The van der Waals surface area contributed by atoms with Gasteiger partial charge in [0.15, 0.2) is 5.82 Å². The van der Waals surface area contributed by atoms with Crippen LogP contribution in [0.15, 0.2) is 219 Å². The number of nitrogens with zero attached hydrogens (tertiary/aromatic N) is 6. The third-order valence-electron chi connectivity index (χ3n) is 12.5. The van der Waals surface area contributed by atoms with Crippen LogP contribution in [0.25, 0.3) is 117 Å². The molecule has 0 fully saturated rings. The second-order valence-electron chi connectivity index (χ2n) is 16.1. The van der Waals surface area contributed by atoms with Gasteiger partial charge in [0, 0.05) is 61.7 Å². The molecule has 13 aromatic rings. The third kappa shape index (κ3) is 5.55. The molecule has 0 aliphatic heterocycles. The Balaban J connectivity index is 0.990. The summed E-state index contributed by atoms with van der Waals surface area (Å²) in [6.45, 7) is 0. The average Bonchev–Trinajstić information content (AvgIpc) is 3.99. The van der Waals surface area contributed by atoms with Gasteiger partial charge >= 0.3 is 0 Å². The van der Waals surface area contributed by atoms with Gasteiger partial charge in [-0.2, -0.15) is 0 Å². The summed E-state index contributed by atoms with van der Waals surface area (Å²) in [5, 5.41) is 5.87. The molecular formula is C57H36N6. The van der Waals surface area contributed by atoms with E-state index in [1.807, 2.05) is 36.5 Å². The van der Waals surface area contributed by atoms with E-state index in [2.05, 4.69) is 196 Å². The molecule has 0 spiro atoms. The highest BCUT2D eigenvalue weighted by molar-refractivity contribution is 6.13. The van der Waals surface area contributed by atoms with Crippen molar-refractivity contribution in [1.29, 1.82) is 0 Å². The lowest BCUT2D eigenvalue weighted by molar-refractivity contribution is 1.05. The molecule has 0 saturated carbocycles.